The summed E-state index contributed by atoms with van der Waals surface area (Å²) in [4.78, 5) is 1.29. The van der Waals surface area contributed by atoms with Crippen LogP contribution in [0.15, 0.2) is 22.7 Å². The number of aromatic nitrogens is 3. The Morgan fingerprint density at radius 1 is 1.47 bits per heavy atom. The van der Waals surface area contributed by atoms with Gasteiger partial charge in [0.15, 0.2) is 5.16 Å². The van der Waals surface area contributed by atoms with E-state index in [1.165, 1.54) is 21.2 Å². The van der Waals surface area contributed by atoms with Crippen LogP contribution in [0, 0.1) is 0 Å². The highest BCUT2D eigenvalue weighted by molar-refractivity contribution is 7.99. The summed E-state index contributed by atoms with van der Waals surface area (Å²) in [5.41, 5.74) is 0. The van der Waals surface area contributed by atoms with Gasteiger partial charge in [0.05, 0.1) is 0 Å². The molecule has 0 fully saturated rings. The number of alkyl halides is 2. The van der Waals surface area contributed by atoms with Gasteiger partial charge in [0.25, 0.3) is 6.43 Å². The van der Waals surface area contributed by atoms with Gasteiger partial charge in [-0.3, -0.25) is 0 Å². The van der Waals surface area contributed by atoms with Gasteiger partial charge in [0.2, 0.25) is 5.82 Å². The van der Waals surface area contributed by atoms with Gasteiger partial charge in [-0.15, -0.1) is 21.5 Å². The molecule has 0 aliphatic carbocycles. The maximum absolute atomic E-state index is 12.5. The lowest BCUT2D eigenvalue weighted by Crippen LogP contribution is -1.99. The Morgan fingerprint density at radius 2 is 2.29 bits per heavy atom. The molecule has 0 saturated carbocycles. The fraction of sp³-hybridized carbons (Fsp3) is 0.400. The van der Waals surface area contributed by atoms with Gasteiger partial charge in [0.1, 0.15) is 0 Å². The van der Waals surface area contributed by atoms with Crippen molar-refractivity contribution in [2.75, 3.05) is 5.75 Å². The smallest absolute Gasteiger partial charge is 0.297 e. The molecular weight excluding hydrogens is 264 g/mol. The van der Waals surface area contributed by atoms with Gasteiger partial charge >= 0.3 is 0 Å². The Bertz CT molecular complexity index is 468. The molecule has 7 heteroatoms. The molecule has 0 unspecified atom stereocenters. The van der Waals surface area contributed by atoms with E-state index in [9.17, 15) is 8.78 Å². The highest BCUT2D eigenvalue weighted by atomic mass is 32.2. The van der Waals surface area contributed by atoms with E-state index in [-0.39, 0.29) is 5.82 Å². The first-order valence-corrected chi connectivity index (χ1v) is 6.87. The van der Waals surface area contributed by atoms with Crippen LogP contribution < -0.4 is 0 Å². The predicted octanol–water partition coefficient (Wildman–Crippen LogP) is 3.15. The third kappa shape index (κ3) is 3.04. The van der Waals surface area contributed by atoms with E-state index in [1.807, 2.05) is 11.4 Å². The molecule has 2 rings (SSSR count). The van der Waals surface area contributed by atoms with Crippen molar-refractivity contribution in [3.8, 4) is 0 Å². The number of hydrogen-bond donors (Lipinski definition) is 0. The summed E-state index contributed by atoms with van der Waals surface area (Å²) in [6.45, 7) is 0. The van der Waals surface area contributed by atoms with Crippen molar-refractivity contribution in [2.45, 2.75) is 18.0 Å². The van der Waals surface area contributed by atoms with Crippen LogP contribution >= 0.6 is 23.1 Å². The lowest BCUT2D eigenvalue weighted by Gasteiger charge is -2.02. The van der Waals surface area contributed by atoms with E-state index in [0.717, 1.165) is 12.2 Å². The van der Waals surface area contributed by atoms with Crippen molar-refractivity contribution >= 4 is 23.1 Å². The summed E-state index contributed by atoms with van der Waals surface area (Å²) in [5, 5.41) is 9.79. The van der Waals surface area contributed by atoms with Crippen LogP contribution in [-0.4, -0.2) is 20.5 Å². The largest absolute Gasteiger partial charge is 0.304 e. The number of thiophene rings is 1. The third-order valence-corrected chi connectivity index (χ3v) is 4.18. The van der Waals surface area contributed by atoms with Gasteiger partial charge in [-0.25, -0.2) is 8.78 Å². The highest BCUT2D eigenvalue weighted by Crippen LogP contribution is 2.23. The first-order chi connectivity index (χ1) is 8.18. The summed E-state index contributed by atoms with van der Waals surface area (Å²) in [6, 6.07) is 4.06. The van der Waals surface area contributed by atoms with E-state index in [2.05, 4.69) is 16.3 Å². The third-order valence-electron chi connectivity index (χ3n) is 2.22. The average Bonchev–Trinajstić information content (AvgIpc) is 2.89. The maximum Gasteiger partial charge on any atom is 0.297 e. The first-order valence-electron chi connectivity index (χ1n) is 5.01. The molecule has 0 N–H and O–H groups in total. The Hall–Kier alpha value is -0.950. The van der Waals surface area contributed by atoms with Crippen molar-refractivity contribution < 1.29 is 8.78 Å². The second-order valence-electron chi connectivity index (χ2n) is 3.38. The number of hydrogen-bond acceptors (Lipinski definition) is 4. The van der Waals surface area contributed by atoms with Gasteiger partial charge in [-0.05, 0) is 17.9 Å². The van der Waals surface area contributed by atoms with E-state index < -0.39 is 6.43 Å². The summed E-state index contributed by atoms with van der Waals surface area (Å²) in [5.74, 6) is 0.541. The number of aryl methyl sites for hydroxylation is 1. The minimum atomic E-state index is -2.57. The Labute approximate surface area is 106 Å². The lowest BCUT2D eigenvalue weighted by atomic mass is 10.4. The van der Waals surface area contributed by atoms with E-state index in [1.54, 1.807) is 18.4 Å². The fourth-order valence-electron chi connectivity index (χ4n) is 1.34. The first kappa shape index (κ1) is 12.5. The molecule has 0 atom stereocenters. The number of rotatable bonds is 5. The minimum Gasteiger partial charge on any atom is -0.304 e. The van der Waals surface area contributed by atoms with Crippen LogP contribution in [0.4, 0.5) is 8.78 Å². The molecule has 2 aromatic heterocycles. The van der Waals surface area contributed by atoms with Gasteiger partial charge in [-0.1, -0.05) is 17.8 Å². The van der Waals surface area contributed by atoms with Crippen LogP contribution in [0.1, 0.15) is 17.1 Å². The van der Waals surface area contributed by atoms with Crippen molar-refractivity contribution in [3.05, 3.63) is 28.2 Å². The Balaban J connectivity index is 1.91. The van der Waals surface area contributed by atoms with E-state index >= 15 is 0 Å². The van der Waals surface area contributed by atoms with Crippen LogP contribution in [0.3, 0.4) is 0 Å². The van der Waals surface area contributed by atoms with Gasteiger partial charge in [0, 0.05) is 17.7 Å². The monoisotopic (exact) mass is 275 g/mol. The van der Waals surface area contributed by atoms with Gasteiger partial charge in [-0.2, -0.15) is 0 Å². The molecule has 0 bridgehead atoms. The number of nitrogens with zero attached hydrogens (tertiary/aromatic N) is 3. The predicted molar refractivity (Wildman–Crippen MR) is 64.7 cm³/mol. The normalized spacial score (nSPS) is 11.3. The second-order valence-corrected chi connectivity index (χ2v) is 5.47. The standard InChI is InChI=1S/C10H11F2N3S2/c1-15-9(8(11)12)13-14-10(15)17-6-4-7-3-2-5-16-7/h2-3,5,8H,4,6H2,1H3. The molecule has 0 aliphatic rings. The summed E-state index contributed by atoms with van der Waals surface area (Å²) >= 11 is 3.14. The highest BCUT2D eigenvalue weighted by Gasteiger charge is 2.17. The molecule has 3 nitrogen and oxygen atoms in total. The zero-order valence-corrected chi connectivity index (χ0v) is 10.8. The molecule has 0 aromatic carbocycles. The van der Waals surface area contributed by atoms with E-state index in [0.29, 0.717) is 5.16 Å². The molecule has 2 heterocycles. The van der Waals surface area contributed by atoms with Crippen LogP contribution in [0.2, 0.25) is 0 Å². The molecule has 0 saturated heterocycles. The van der Waals surface area contributed by atoms with Gasteiger partial charge < -0.3 is 4.57 Å². The fourth-order valence-corrected chi connectivity index (χ4v) is 3.07. The molecule has 92 valence electrons. The zero-order chi connectivity index (χ0) is 12.3. The Morgan fingerprint density at radius 3 is 2.88 bits per heavy atom. The lowest BCUT2D eigenvalue weighted by molar-refractivity contribution is 0.135. The zero-order valence-electron chi connectivity index (χ0n) is 9.14. The average molecular weight is 275 g/mol. The van der Waals surface area contributed by atoms with Crippen molar-refractivity contribution in [3.63, 3.8) is 0 Å². The number of thioether (sulfide) groups is 1. The summed E-state index contributed by atoms with van der Waals surface area (Å²) in [7, 11) is 1.56. The topological polar surface area (TPSA) is 30.7 Å². The van der Waals surface area contributed by atoms with E-state index in [4.69, 9.17) is 0 Å². The minimum absolute atomic E-state index is 0.274. The SMILES string of the molecule is Cn1c(SCCc2cccs2)nnc1C(F)F. The van der Waals surface area contributed by atoms with Crippen LogP contribution in [0.25, 0.3) is 0 Å². The van der Waals surface area contributed by atoms with Crippen molar-refractivity contribution in [1.82, 2.24) is 14.8 Å². The number of halogens is 2. The maximum atomic E-state index is 12.5. The van der Waals surface area contributed by atoms with Crippen molar-refractivity contribution in [2.24, 2.45) is 7.05 Å². The van der Waals surface area contributed by atoms with Crippen LogP contribution in [-0.2, 0) is 13.5 Å². The molecule has 0 radical (unpaired) electrons. The molecule has 0 amide bonds. The quantitative estimate of drug-likeness (QED) is 0.785. The summed E-state index contributed by atoms with van der Waals surface area (Å²) in [6.07, 6.45) is -1.65. The molecule has 0 spiro atoms. The van der Waals surface area contributed by atoms with Crippen LogP contribution in [0.5, 0.6) is 0 Å². The summed E-state index contributed by atoms with van der Waals surface area (Å²) < 4.78 is 26.3. The molecular formula is C10H11F2N3S2. The molecule has 2 aromatic rings. The molecule has 0 aliphatic heterocycles. The van der Waals surface area contributed by atoms with Crippen molar-refractivity contribution in [1.29, 1.82) is 0 Å². The molecule has 17 heavy (non-hydrogen) atoms. The Kier molecular flexibility index (Phi) is 4.11. The second kappa shape index (κ2) is 5.59.